The van der Waals surface area contributed by atoms with E-state index in [1.165, 1.54) is 6.42 Å². The molecule has 1 unspecified atom stereocenters. The lowest BCUT2D eigenvalue weighted by Crippen LogP contribution is -2.32. The van der Waals surface area contributed by atoms with Crippen molar-refractivity contribution in [3.63, 3.8) is 0 Å². The highest BCUT2D eigenvalue weighted by molar-refractivity contribution is 5.94. The van der Waals surface area contributed by atoms with Crippen LogP contribution in [-0.4, -0.2) is 59.9 Å². The van der Waals surface area contributed by atoms with E-state index in [2.05, 4.69) is 21.9 Å². The number of aryl methyl sites for hydroxylation is 1. The molecule has 0 aromatic carbocycles. The predicted octanol–water partition coefficient (Wildman–Crippen LogP) is 1.30. The van der Waals surface area contributed by atoms with Crippen molar-refractivity contribution in [1.82, 2.24) is 19.8 Å². The molecule has 0 saturated carbocycles. The predicted molar refractivity (Wildman–Crippen MR) is 74.3 cm³/mol. The molecule has 1 saturated heterocycles. The fraction of sp³-hybridized carbons (Fsp3) is 0.643. The summed E-state index contributed by atoms with van der Waals surface area (Å²) in [5.74, 6) is 1.23. The molecule has 1 fully saturated rings. The van der Waals surface area contributed by atoms with Crippen molar-refractivity contribution in [2.75, 3.05) is 34.2 Å². The number of likely N-dealkylation sites (tertiary alicyclic amines) is 1. The lowest BCUT2D eigenvalue weighted by molar-refractivity contribution is 0.0826. The number of amides is 1. The Hall–Kier alpha value is -1.49. The van der Waals surface area contributed by atoms with E-state index < -0.39 is 0 Å². The summed E-state index contributed by atoms with van der Waals surface area (Å²) in [6.45, 7) is 4.03. The van der Waals surface area contributed by atoms with Gasteiger partial charge in [-0.3, -0.25) is 4.79 Å². The van der Waals surface area contributed by atoms with Crippen molar-refractivity contribution >= 4 is 5.91 Å². The van der Waals surface area contributed by atoms with Crippen LogP contribution in [0.25, 0.3) is 0 Å². The molecule has 1 aromatic rings. The highest BCUT2D eigenvalue weighted by Crippen LogP contribution is 2.24. The van der Waals surface area contributed by atoms with Gasteiger partial charge in [-0.15, -0.1) is 0 Å². The van der Waals surface area contributed by atoms with E-state index >= 15 is 0 Å². The molecule has 0 aliphatic carbocycles. The molecule has 2 heterocycles. The van der Waals surface area contributed by atoms with Crippen LogP contribution in [0.2, 0.25) is 0 Å². The van der Waals surface area contributed by atoms with Gasteiger partial charge in [-0.05, 0) is 33.4 Å². The van der Waals surface area contributed by atoms with Crippen LogP contribution >= 0.6 is 0 Å². The average Bonchev–Trinajstić information content (AvgIpc) is 2.37. The quantitative estimate of drug-likeness (QED) is 0.806. The van der Waals surface area contributed by atoms with Crippen LogP contribution in [0, 0.1) is 6.92 Å². The minimum atomic E-state index is -0.0372. The molecule has 1 aliphatic heterocycles. The molecule has 1 atom stereocenters. The summed E-state index contributed by atoms with van der Waals surface area (Å²) in [6.07, 6.45) is 3.99. The zero-order chi connectivity index (χ0) is 14.0. The highest BCUT2D eigenvalue weighted by atomic mass is 16.2. The van der Waals surface area contributed by atoms with Gasteiger partial charge in [-0.25, -0.2) is 9.97 Å². The third-order valence-corrected chi connectivity index (χ3v) is 3.62. The Bertz CT molecular complexity index is 473. The standard InChI is InChI=1S/C14H22N4O/c1-10-12(14(19)17(2)3)8-15-13(16-10)11-6-5-7-18(4)9-11/h8,11H,5-7,9H2,1-4H3. The second-order valence-electron chi connectivity index (χ2n) is 5.53. The summed E-state index contributed by atoms with van der Waals surface area (Å²) >= 11 is 0. The molecule has 0 radical (unpaired) electrons. The Morgan fingerprint density at radius 1 is 1.47 bits per heavy atom. The number of carbonyl (C=O) groups is 1. The van der Waals surface area contributed by atoms with Crippen LogP contribution in [0.15, 0.2) is 6.20 Å². The number of hydrogen-bond donors (Lipinski definition) is 0. The molecule has 0 spiro atoms. The van der Waals surface area contributed by atoms with E-state index in [4.69, 9.17) is 0 Å². The van der Waals surface area contributed by atoms with E-state index in [1.807, 2.05) is 6.92 Å². The van der Waals surface area contributed by atoms with Crippen molar-refractivity contribution in [2.45, 2.75) is 25.7 Å². The third-order valence-electron chi connectivity index (χ3n) is 3.62. The topological polar surface area (TPSA) is 49.3 Å². The van der Waals surface area contributed by atoms with E-state index in [9.17, 15) is 4.79 Å². The summed E-state index contributed by atoms with van der Waals surface area (Å²) in [4.78, 5) is 24.8. The molecule has 2 rings (SSSR count). The Morgan fingerprint density at radius 2 is 2.21 bits per heavy atom. The minimum Gasteiger partial charge on any atom is -0.345 e. The van der Waals surface area contributed by atoms with Gasteiger partial charge in [0, 0.05) is 32.8 Å². The smallest absolute Gasteiger partial charge is 0.256 e. The molecule has 1 aliphatic rings. The summed E-state index contributed by atoms with van der Waals surface area (Å²) in [5, 5.41) is 0. The average molecular weight is 262 g/mol. The molecule has 0 bridgehead atoms. The van der Waals surface area contributed by atoms with Crippen molar-refractivity contribution in [3.8, 4) is 0 Å². The van der Waals surface area contributed by atoms with E-state index in [0.29, 0.717) is 11.5 Å². The number of likely N-dealkylation sites (N-methyl/N-ethyl adjacent to an activating group) is 1. The van der Waals surface area contributed by atoms with Crippen molar-refractivity contribution in [1.29, 1.82) is 0 Å². The third kappa shape index (κ3) is 3.10. The van der Waals surface area contributed by atoms with Crippen LogP contribution in [0.5, 0.6) is 0 Å². The van der Waals surface area contributed by atoms with Crippen LogP contribution in [0.1, 0.15) is 40.6 Å². The zero-order valence-corrected chi connectivity index (χ0v) is 12.2. The molecule has 1 aromatic heterocycles. The number of nitrogens with zero attached hydrogens (tertiary/aromatic N) is 4. The summed E-state index contributed by atoms with van der Waals surface area (Å²) in [6, 6.07) is 0. The number of piperidine rings is 1. The van der Waals surface area contributed by atoms with Gasteiger partial charge in [0.15, 0.2) is 0 Å². The van der Waals surface area contributed by atoms with Gasteiger partial charge >= 0.3 is 0 Å². The zero-order valence-electron chi connectivity index (χ0n) is 12.2. The van der Waals surface area contributed by atoms with Gasteiger partial charge in [-0.1, -0.05) is 0 Å². The maximum Gasteiger partial charge on any atom is 0.256 e. The first-order chi connectivity index (χ1) is 8.99. The van der Waals surface area contributed by atoms with Crippen LogP contribution in [-0.2, 0) is 0 Å². The Labute approximate surface area is 114 Å². The monoisotopic (exact) mass is 262 g/mol. The second-order valence-corrected chi connectivity index (χ2v) is 5.53. The molecule has 5 heteroatoms. The highest BCUT2D eigenvalue weighted by Gasteiger charge is 2.22. The largest absolute Gasteiger partial charge is 0.345 e. The molecule has 104 valence electrons. The van der Waals surface area contributed by atoms with Crippen molar-refractivity contribution in [2.24, 2.45) is 0 Å². The summed E-state index contributed by atoms with van der Waals surface area (Å²) < 4.78 is 0. The molecular weight excluding hydrogens is 240 g/mol. The number of carbonyl (C=O) groups excluding carboxylic acids is 1. The Kier molecular flexibility index (Phi) is 4.14. The van der Waals surface area contributed by atoms with Gasteiger partial charge in [0.1, 0.15) is 5.82 Å². The van der Waals surface area contributed by atoms with Gasteiger partial charge in [0.05, 0.1) is 11.3 Å². The Morgan fingerprint density at radius 3 is 2.79 bits per heavy atom. The summed E-state index contributed by atoms with van der Waals surface area (Å²) in [7, 11) is 5.61. The second kappa shape index (κ2) is 5.65. The molecule has 5 nitrogen and oxygen atoms in total. The fourth-order valence-corrected chi connectivity index (χ4v) is 2.51. The summed E-state index contributed by atoms with van der Waals surface area (Å²) in [5.41, 5.74) is 1.37. The first-order valence-corrected chi connectivity index (χ1v) is 6.72. The number of hydrogen-bond acceptors (Lipinski definition) is 4. The van der Waals surface area contributed by atoms with Gasteiger partial charge in [0.2, 0.25) is 0 Å². The van der Waals surface area contributed by atoms with E-state index in [0.717, 1.165) is 31.0 Å². The van der Waals surface area contributed by atoms with Crippen molar-refractivity contribution in [3.05, 3.63) is 23.3 Å². The number of rotatable bonds is 2. The normalized spacial score (nSPS) is 20.3. The maximum atomic E-state index is 11.9. The molecule has 19 heavy (non-hydrogen) atoms. The molecular formula is C14H22N4O. The van der Waals surface area contributed by atoms with Crippen LogP contribution in [0.3, 0.4) is 0 Å². The van der Waals surface area contributed by atoms with Crippen LogP contribution in [0.4, 0.5) is 0 Å². The fourth-order valence-electron chi connectivity index (χ4n) is 2.51. The minimum absolute atomic E-state index is 0.0372. The van der Waals surface area contributed by atoms with Gasteiger partial charge in [0.25, 0.3) is 5.91 Å². The van der Waals surface area contributed by atoms with Crippen LogP contribution < -0.4 is 0 Å². The first kappa shape index (κ1) is 13.9. The van der Waals surface area contributed by atoms with E-state index in [-0.39, 0.29) is 5.91 Å². The molecule has 0 N–H and O–H groups in total. The lowest BCUT2D eigenvalue weighted by Gasteiger charge is -2.28. The molecule has 1 amide bonds. The lowest BCUT2D eigenvalue weighted by atomic mass is 9.97. The van der Waals surface area contributed by atoms with Crippen molar-refractivity contribution < 1.29 is 4.79 Å². The van der Waals surface area contributed by atoms with E-state index in [1.54, 1.807) is 25.2 Å². The first-order valence-electron chi connectivity index (χ1n) is 6.72. The Balaban J connectivity index is 2.21. The SMILES string of the molecule is Cc1nc(C2CCCN(C)C2)ncc1C(=O)N(C)C. The number of aromatic nitrogens is 2. The maximum absolute atomic E-state index is 11.9. The van der Waals surface area contributed by atoms with Gasteiger partial charge < -0.3 is 9.80 Å². The van der Waals surface area contributed by atoms with Gasteiger partial charge in [-0.2, -0.15) is 0 Å².